The van der Waals surface area contributed by atoms with E-state index in [-0.39, 0.29) is 0 Å². The fraction of sp³-hybridized carbons (Fsp3) is 0.118. The van der Waals surface area contributed by atoms with Gasteiger partial charge in [-0.05, 0) is 47.4 Å². The van der Waals surface area contributed by atoms with Gasteiger partial charge in [0, 0.05) is 6.54 Å². The van der Waals surface area contributed by atoms with Gasteiger partial charge in [-0.1, -0.05) is 30.3 Å². The van der Waals surface area contributed by atoms with Crippen molar-refractivity contribution >= 4 is 33.7 Å². The Bertz CT molecular complexity index is 694. The van der Waals surface area contributed by atoms with E-state index in [0.29, 0.717) is 11.7 Å². The summed E-state index contributed by atoms with van der Waals surface area (Å²) in [6.45, 7) is 1.37. The average molecular weight is 328 g/mol. The van der Waals surface area contributed by atoms with Gasteiger partial charge >= 0.3 is 0 Å². The first-order valence-electron chi connectivity index (χ1n) is 6.97. The Morgan fingerprint density at radius 1 is 1.05 bits per heavy atom. The Labute approximate surface area is 139 Å². The van der Waals surface area contributed by atoms with E-state index in [0.717, 1.165) is 17.3 Å². The summed E-state index contributed by atoms with van der Waals surface area (Å²) in [5, 5.41) is 7.06. The highest BCUT2D eigenvalue weighted by Crippen LogP contribution is 2.18. The Hall–Kier alpha value is -2.11. The van der Waals surface area contributed by atoms with E-state index in [4.69, 9.17) is 16.6 Å². The zero-order valence-electron chi connectivity index (χ0n) is 11.9. The smallest absolute Gasteiger partial charge is 0.174 e. The molecule has 0 atom stereocenters. The van der Waals surface area contributed by atoms with Crippen LogP contribution in [0.25, 0.3) is 0 Å². The van der Waals surface area contributed by atoms with Gasteiger partial charge in [-0.3, -0.25) is 0 Å². The molecule has 0 bridgehead atoms. The summed E-state index contributed by atoms with van der Waals surface area (Å²) in [5.74, 6) is 0.895. The molecule has 0 amide bonds. The number of nitrogens with one attached hydrogen (secondary N) is 1. The maximum Gasteiger partial charge on any atom is 0.174 e. The molecule has 1 aromatic carbocycles. The summed E-state index contributed by atoms with van der Waals surface area (Å²) >= 11 is 7.21. The Morgan fingerprint density at radius 2 is 1.91 bits per heavy atom. The van der Waals surface area contributed by atoms with Crippen LogP contribution in [0.3, 0.4) is 0 Å². The van der Waals surface area contributed by atoms with E-state index in [1.807, 2.05) is 47.8 Å². The van der Waals surface area contributed by atoms with Gasteiger partial charge in [0.2, 0.25) is 0 Å². The van der Waals surface area contributed by atoms with Crippen LogP contribution in [-0.4, -0.2) is 10.0 Å². The van der Waals surface area contributed by atoms with Crippen molar-refractivity contribution in [2.45, 2.75) is 13.1 Å². The number of thiocarbonyl (C=S) groups is 1. The molecule has 0 spiro atoms. The third-order valence-electron chi connectivity index (χ3n) is 3.18. The lowest BCUT2D eigenvalue weighted by Gasteiger charge is -2.24. The lowest BCUT2D eigenvalue weighted by Crippen LogP contribution is -2.33. The molecule has 2 heterocycles. The average Bonchev–Trinajstić information content (AvgIpc) is 3.21. The van der Waals surface area contributed by atoms with Crippen LogP contribution in [0.15, 0.2) is 70.7 Å². The van der Waals surface area contributed by atoms with Crippen molar-refractivity contribution < 1.29 is 4.42 Å². The SMILES string of the molecule is S=C(Nc1cccs1)N(Cc1ccccc1)Cc1ccco1. The minimum atomic E-state index is 0.638. The molecular weight excluding hydrogens is 312 g/mol. The quantitative estimate of drug-likeness (QED) is 0.685. The van der Waals surface area contributed by atoms with Gasteiger partial charge in [0.05, 0.1) is 17.8 Å². The second kappa shape index (κ2) is 7.24. The number of anilines is 1. The second-order valence-electron chi connectivity index (χ2n) is 4.83. The molecule has 0 saturated carbocycles. The molecule has 0 saturated heterocycles. The zero-order chi connectivity index (χ0) is 15.2. The summed E-state index contributed by atoms with van der Waals surface area (Å²) < 4.78 is 5.46. The Morgan fingerprint density at radius 3 is 2.59 bits per heavy atom. The molecule has 0 aliphatic carbocycles. The van der Waals surface area contributed by atoms with E-state index in [1.165, 1.54) is 5.56 Å². The highest BCUT2D eigenvalue weighted by molar-refractivity contribution is 7.80. The number of hydrogen-bond acceptors (Lipinski definition) is 3. The van der Waals surface area contributed by atoms with Gasteiger partial charge in [0.25, 0.3) is 0 Å². The molecule has 112 valence electrons. The number of nitrogens with zero attached hydrogens (tertiary/aromatic N) is 1. The van der Waals surface area contributed by atoms with Gasteiger partial charge in [-0.15, -0.1) is 11.3 Å². The van der Waals surface area contributed by atoms with E-state index >= 15 is 0 Å². The first kappa shape index (κ1) is 14.8. The monoisotopic (exact) mass is 328 g/mol. The summed E-state index contributed by atoms with van der Waals surface area (Å²) in [6, 6.07) is 18.2. The minimum Gasteiger partial charge on any atom is -0.467 e. The Kier molecular flexibility index (Phi) is 4.88. The van der Waals surface area contributed by atoms with Crippen molar-refractivity contribution in [3.05, 3.63) is 77.6 Å². The molecule has 3 nitrogen and oxygen atoms in total. The molecule has 2 aromatic heterocycles. The number of hydrogen-bond donors (Lipinski definition) is 1. The van der Waals surface area contributed by atoms with Gasteiger partial charge in [0.15, 0.2) is 5.11 Å². The summed E-state index contributed by atoms with van der Waals surface area (Å²) in [6.07, 6.45) is 1.69. The van der Waals surface area contributed by atoms with Gasteiger partial charge in [0.1, 0.15) is 5.76 Å². The van der Waals surface area contributed by atoms with Crippen molar-refractivity contribution in [1.29, 1.82) is 0 Å². The number of thiophene rings is 1. The molecule has 0 aliphatic rings. The topological polar surface area (TPSA) is 28.4 Å². The van der Waals surface area contributed by atoms with Crippen LogP contribution in [0.2, 0.25) is 0 Å². The molecule has 1 N–H and O–H groups in total. The lowest BCUT2D eigenvalue weighted by molar-refractivity contribution is 0.360. The van der Waals surface area contributed by atoms with Crippen molar-refractivity contribution in [3.63, 3.8) is 0 Å². The van der Waals surface area contributed by atoms with Crippen molar-refractivity contribution in [3.8, 4) is 0 Å². The fourth-order valence-corrected chi connectivity index (χ4v) is 3.05. The lowest BCUT2D eigenvalue weighted by atomic mass is 10.2. The van der Waals surface area contributed by atoms with Crippen LogP contribution in [0.5, 0.6) is 0 Å². The van der Waals surface area contributed by atoms with Crippen LogP contribution in [-0.2, 0) is 13.1 Å². The second-order valence-corrected chi connectivity index (χ2v) is 6.16. The van der Waals surface area contributed by atoms with Gasteiger partial charge in [-0.25, -0.2) is 0 Å². The first-order chi connectivity index (χ1) is 10.8. The molecule has 0 radical (unpaired) electrons. The number of furan rings is 1. The third-order valence-corrected chi connectivity index (χ3v) is 4.33. The molecular formula is C17H16N2OS2. The van der Waals surface area contributed by atoms with Crippen LogP contribution in [0, 0.1) is 0 Å². The van der Waals surface area contributed by atoms with Crippen LogP contribution in [0.1, 0.15) is 11.3 Å². The molecule has 0 unspecified atom stereocenters. The standard InChI is InChI=1S/C17H16N2OS2/c21-17(18-16-9-5-11-22-16)19(13-15-8-4-10-20-15)12-14-6-2-1-3-7-14/h1-11H,12-13H2,(H,18,21). The van der Waals surface area contributed by atoms with Crippen molar-refractivity contribution in [1.82, 2.24) is 4.90 Å². The minimum absolute atomic E-state index is 0.638. The predicted molar refractivity (Wildman–Crippen MR) is 94.9 cm³/mol. The van der Waals surface area contributed by atoms with Crippen molar-refractivity contribution in [2.75, 3.05) is 5.32 Å². The fourth-order valence-electron chi connectivity index (χ4n) is 2.13. The Balaban J connectivity index is 1.74. The van der Waals surface area contributed by atoms with E-state index < -0.39 is 0 Å². The first-order valence-corrected chi connectivity index (χ1v) is 8.26. The predicted octanol–water partition coefficient (Wildman–Crippen LogP) is 4.74. The van der Waals surface area contributed by atoms with Crippen LogP contribution < -0.4 is 5.32 Å². The maximum absolute atomic E-state index is 5.58. The molecule has 0 aliphatic heterocycles. The van der Waals surface area contributed by atoms with E-state index in [1.54, 1.807) is 17.6 Å². The summed E-state index contributed by atoms with van der Waals surface area (Å²) in [4.78, 5) is 2.10. The molecule has 3 aromatic rings. The maximum atomic E-state index is 5.58. The van der Waals surface area contributed by atoms with E-state index in [2.05, 4.69) is 22.3 Å². The van der Waals surface area contributed by atoms with Gasteiger partial charge < -0.3 is 14.6 Å². The summed E-state index contributed by atoms with van der Waals surface area (Å²) in [5.41, 5.74) is 1.21. The highest BCUT2D eigenvalue weighted by Gasteiger charge is 2.13. The molecule has 0 fully saturated rings. The largest absolute Gasteiger partial charge is 0.467 e. The van der Waals surface area contributed by atoms with Gasteiger partial charge in [-0.2, -0.15) is 0 Å². The number of benzene rings is 1. The molecule has 3 rings (SSSR count). The zero-order valence-corrected chi connectivity index (χ0v) is 13.6. The van der Waals surface area contributed by atoms with E-state index in [9.17, 15) is 0 Å². The highest BCUT2D eigenvalue weighted by atomic mass is 32.1. The molecule has 22 heavy (non-hydrogen) atoms. The van der Waals surface area contributed by atoms with Crippen LogP contribution >= 0.6 is 23.6 Å². The third kappa shape index (κ3) is 3.96. The summed E-state index contributed by atoms with van der Waals surface area (Å²) in [7, 11) is 0. The van der Waals surface area contributed by atoms with Crippen molar-refractivity contribution in [2.24, 2.45) is 0 Å². The molecule has 5 heteroatoms. The number of rotatable bonds is 5. The van der Waals surface area contributed by atoms with Crippen LogP contribution in [0.4, 0.5) is 5.00 Å². The normalized spacial score (nSPS) is 10.4.